The first-order valence-corrected chi connectivity index (χ1v) is 11.4. The predicted octanol–water partition coefficient (Wildman–Crippen LogP) is 3.81. The average Bonchev–Trinajstić information content (AvgIpc) is 3.31. The van der Waals surface area contributed by atoms with Gasteiger partial charge in [-0.15, -0.1) is 0 Å². The Morgan fingerprint density at radius 1 is 1.08 bits per heavy atom. The van der Waals surface area contributed by atoms with Crippen LogP contribution < -0.4 is 16.4 Å². The maximum absolute atomic E-state index is 14.4. The number of nitrogen functional groups attached to an aromatic ring is 1. The molecule has 12 heteroatoms. The summed E-state index contributed by atoms with van der Waals surface area (Å²) in [4.78, 5) is 29.6. The van der Waals surface area contributed by atoms with Crippen LogP contribution in [0.15, 0.2) is 60.7 Å². The highest BCUT2D eigenvalue weighted by Crippen LogP contribution is 2.28. The molecule has 4 rings (SSSR count). The molecule has 2 aromatic carbocycles. The van der Waals surface area contributed by atoms with Gasteiger partial charge in [-0.25, -0.2) is 18.4 Å². The van der Waals surface area contributed by atoms with Gasteiger partial charge < -0.3 is 21.5 Å². The van der Waals surface area contributed by atoms with Gasteiger partial charge in [-0.05, 0) is 31.2 Å². The monoisotopic (exact) mass is 526 g/mol. The summed E-state index contributed by atoms with van der Waals surface area (Å²) in [5.41, 5.74) is 5.88. The van der Waals surface area contributed by atoms with E-state index in [0.29, 0.717) is 11.8 Å². The summed E-state index contributed by atoms with van der Waals surface area (Å²) in [6, 6.07) is 14.3. The van der Waals surface area contributed by atoms with Crippen molar-refractivity contribution < 1.29 is 23.5 Å². The SMILES string of the molecule is C[C@H](CO)NC(=O)c1cc(NC(=O)c2cc(-c3nc(N)c(F)cc3F)ccc2Cl)n(-c2ccccc2)n1. The van der Waals surface area contributed by atoms with Crippen molar-refractivity contribution in [3.8, 4) is 16.9 Å². The van der Waals surface area contributed by atoms with Crippen LogP contribution in [0.4, 0.5) is 20.4 Å². The highest BCUT2D eigenvalue weighted by Gasteiger charge is 2.21. The third kappa shape index (κ3) is 5.57. The molecule has 4 aromatic rings. The van der Waals surface area contributed by atoms with E-state index in [-0.39, 0.29) is 40.0 Å². The van der Waals surface area contributed by atoms with Gasteiger partial charge in [0.25, 0.3) is 11.8 Å². The Labute approximate surface area is 214 Å². The number of aromatic nitrogens is 3. The number of hydrogen-bond acceptors (Lipinski definition) is 6. The number of nitrogens with one attached hydrogen (secondary N) is 2. The Balaban J connectivity index is 1.70. The topological polar surface area (TPSA) is 135 Å². The molecular weight excluding hydrogens is 506 g/mol. The fraction of sp³-hybridized carbons (Fsp3) is 0.120. The van der Waals surface area contributed by atoms with Crippen molar-refractivity contribution in [3.05, 3.63) is 88.6 Å². The summed E-state index contributed by atoms with van der Waals surface area (Å²) in [6.45, 7) is 1.36. The van der Waals surface area contributed by atoms with Crippen molar-refractivity contribution in [3.63, 3.8) is 0 Å². The predicted molar refractivity (Wildman–Crippen MR) is 135 cm³/mol. The molecule has 0 fully saturated rings. The lowest BCUT2D eigenvalue weighted by Crippen LogP contribution is -2.35. The van der Waals surface area contributed by atoms with Gasteiger partial charge in [0.2, 0.25) is 0 Å². The van der Waals surface area contributed by atoms with Gasteiger partial charge in [0.1, 0.15) is 11.5 Å². The quantitative estimate of drug-likeness (QED) is 0.289. The number of halogens is 3. The van der Waals surface area contributed by atoms with Gasteiger partial charge in [-0.1, -0.05) is 35.9 Å². The number of carbonyl (C=O) groups is 2. The number of pyridine rings is 1. The number of hydrogen-bond donors (Lipinski definition) is 4. The van der Waals surface area contributed by atoms with Gasteiger partial charge in [0.15, 0.2) is 23.1 Å². The lowest BCUT2D eigenvalue weighted by Gasteiger charge is -2.11. The average molecular weight is 527 g/mol. The standard InChI is InChI=1S/C25H21ClF2N6O3/c1-13(12-35)30-25(37)20-11-21(34(33-20)15-5-3-2-4-6-15)31-24(36)16-9-14(7-8-17(16)26)22-18(27)10-19(28)23(29)32-22/h2-11,13,35H,12H2,1H3,(H2,29,32)(H,30,37)(H,31,36)/t13-/m1/s1. The first kappa shape index (κ1) is 25.7. The Kier molecular flexibility index (Phi) is 7.46. The van der Waals surface area contributed by atoms with E-state index in [1.54, 1.807) is 37.3 Å². The molecule has 0 saturated heterocycles. The zero-order chi connectivity index (χ0) is 26.7. The molecule has 9 nitrogen and oxygen atoms in total. The summed E-state index contributed by atoms with van der Waals surface area (Å²) in [5, 5.41) is 18.8. The Morgan fingerprint density at radius 2 is 1.81 bits per heavy atom. The van der Waals surface area contributed by atoms with E-state index < -0.39 is 35.3 Å². The first-order chi connectivity index (χ1) is 17.7. The Bertz CT molecular complexity index is 1480. The van der Waals surface area contributed by atoms with Gasteiger partial charge in [-0.3, -0.25) is 9.59 Å². The fourth-order valence-corrected chi connectivity index (χ4v) is 3.61. The van der Waals surface area contributed by atoms with Crippen LogP contribution in [0, 0.1) is 11.6 Å². The van der Waals surface area contributed by atoms with E-state index in [2.05, 4.69) is 20.7 Å². The van der Waals surface area contributed by atoms with Crippen LogP contribution in [0.25, 0.3) is 16.9 Å². The number of rotatable bonds is 7. The van der Waals surface area contributed by atoms with E-state index in [4.69, 9.17) is 17.3 Å². The molecule has 0 aliphatic rings. The van der Waals surface area contributed by atoms with Crippen LogP contribution in [0.1, 0.15) is 27.8 Å². The van der Waals surface area contributed by atoms with Crippen molar-refractivity contribution in [1.29, 1.82) is 0 Å². The number of amides is 2. The summed E-state index contributed by atoms with van der Waals surface area (Å²) in [5.74, 6) is -3.55. The number of para-hydroxylation sites is 1. The molecule has 0 bridgehead atoms. The van der Waals surface area contributed by atoms with E-state index in [0.717, 1.165) is 0 Å². The highest BCUT2D eigenvalue weighted by atomic mass is 35.5. The van der Waals surface area contributed by atoms with E-state index in [9.17, 15) is 23.5 Å². The molecule has 5 N–H and O–H groups in total. The van der Waals surface area contributed by atoms with Crippen molar-refractivity contribution in [1.82, 2.24) is 20.1 Å². The van der Waals surface area contributed by atoms with Crippen LogP contribution >= 0.6 is 11.6 Å². The molecule has 37 heavy (non-hydrogen) atoms. The van der Waals surface area contributed by atoms with Crippen molar-refractivity contribution >= 4 is 35.1 Å². The van der Waals surface area contributed by atoms with Crippen molar-refractivity contribution in [2.75, 3.05) is 17.7 Å². The minimum absolute atomic E-state index is 0.00707. The molecule has 2 heterocycles. The molecule has 0 unspecified atom stereocenters. The van der Waals surface area contributed by atoms with Crippen molar-refractivity contribution in [2.45, 2.75) is 13.0 Å². The summed E-state index contributed by atoms with van der Waals surface area (Å²) in [6.07, 6.45) is 0. The number of benzene rings is 2. The van der Waals surface area contributed by atoms with E-state index in [1.807, 2.05) is 0 Å². The van der Waals surface area contributed by atoms with Crippen LogP contribution in [0.2, 0.25) is 5.02 Å². The third-order valence-electron chi connectivity index (χ3n) is 5.28. The highest BCUT2D eigenvalue weighted by molar-refractivity contribution is 6.34. The van der Waals surface area contributed by atoms with Gasteiger partial charge in [0, 0.05) is 23.7 Å². The number of nitrogens with two attached hydrogens (primary N) is 1. The molecule has 0 saturated carbocycles. The lowest BCUT2D eigenvalue weighted by atomic mass is 10.1. The summed E-state index contributed by atoms with van der Waals surface area (Å²) in [7, 11) is 0. The second-order valence-electron chi connectivity index (χ2n) is 8.05. The molecule has 2 aromatic heterocycles. The van der Waals surface area contributed by atoms with E-state index in [1.165, 1.54) is 28.9 Å². The Morgan fingerprint density at radius 3 is 2.51 bits per heavy atom. The normalized spacial score (nSPS) is 11.7. The number of aliphatic hydroxyl groups is 1. The third-order valence-corrected chi connectivity index (χ3v) is 5.61. The van der Waals surface area contributed by atoms with Gasteiger partial charge >= 0.3 is 0 Å². The first-order valence-electron chi connectivity index (χ1n) is 11.0. The molecule has 0 radical (unpaired) electrons. The smallest absolute Gasteiger partial charge is 0.272 e. The molecule has 190 valence electrons. The minimum atomic E-state index is -1.00. The summed E-state index contributed by atoms with van der Waals surface area (Å²) < 4.78 is 29.3. The Hall–Kier alpha value is -4.35. The molecule has 0 aliphatic carbocycles. The maximum Gasteiger partial charge on any atom is 0.272 e. The molecular formula is C25H21ClF2N6O3. The number of anilines is 2. The van der Waals surface area contributed by atoms with Gasteiger partial charge in [0.05, 0.1) is 22.9 Å². The molecule has 1 atom stereocenters. The largest absolute Gasteiger partial charge is 0.394 e. The van der Waals surface area contributed by atoms with Crippen LogP contribution in [0.3, 0.4) is 0 Å². The number of carbonyl (C=O) groups excluding carboxylic acids is 2. The summed E-state index contributed by atoms with van der Waals surface area (Å²) >= 11 is 6.26. The lowest BCUT2D eigenvalue weighted by molar-refractivity contribution is 0.0916. The zero-order valence-corrected chi connectivity index (χ0v) is 20.1. The minimum Gasteiger partial charge on any atom is -0.394 e. The maximum atomic E-state index is 14.4. The van der Waals surface area contributed by atoms with Crippen LogP contribution in [-0.2, 0) is 0 Å². The molecule has 0 spiro atoms. The number of nitrogens with zero attached hydrogens (tertiary/aromatic N) is 3. The van der Waals surface area contributed by atoms with Crippen LogP contribution in [0.5, 0.6) is 0 Å². The molecule has 2 amide bonds. The zero-order valence-electron chi connectivity index (χ0n) is 19.4. The van der Waals surface area contributed by atoms with Gasteiger partial charge in [-0.2, -0.15) is 5.10 Å². The van der Waals surface area contributed by atoms with E-state index >= 15 is 0 Å². The molecule has 0 aliphatic heterocycles. The second kappa shape index (κ2) is 10.7. The second-order valence-corrected chi connectivity index (χ2v) is 8.46. The number of aliphatic hydroxyl groups excluding tert-OH is 1. The fourth-order valence-electron chi connectivity index (χ4n) is 3.40. The van der Waals surface area contributed by atoms with Crippen LogP contribution in [-0.4, -0.2) is 44.3 Å². The van der Waals surface area contributed by atoms with Crippen molar-refractivity contribution in [2.24, 2.45) is 0 Å².